The number of thiophene rings is 1. The van der Waals surface area contributed by atoms with Gasteiger partial charge in [-0.25, -0.2) is 9.98 Å². The molecular formula is C45H27N3O2S. The first-order valence-corrected chi connectivity index (χ1v) is 17.8. The molecule has 6 heteroatoms. The molecular weight excluding hydrogens is 647 g/mol. The van der Waals surface area contributed by atoms with Crippen molar-refractivity contribution in [1.29, 1.82) is 0 Å². The van der Waals surface area contributed by atoms with Gasteiger partial charge in [-0.05, 0) is 53.6 Å². The van der Waals surface area contributed by atoms with Crippen molar-refractivity contribution in [2.75, 3.05) is 0 Å². The number of para-hydroxylation sites is 2. The number of benzene rings is 7. The summed E-state index contributed by atoms with van der Waals surface area (Å²) in [5.74, 6) is 1.39. The number of rotatable bonds is 4. The second kappa shape index (κ2) is 11.0. The summed E-state index contributed by atoms with van der Waals surface area (Å²) >= 11 is 1.84. The molecule has 240 valence electrons. The van der Waals surface area contributed by atoms with Gasteiger partial charge in [-0.15, -0.1) is 11.3 Å². The Labute approximate surface area is 295 Å². The first-order valence-electron chi connectivity index (χ1n) is 17.0. The molecule has 11 rings (SSSR count). The summed E-state index contributed by atoms with van der Waals surface area (Å²) in [7, 11) is 0. The first-order chi connectivity index (χ1) is 25.2. The van der Waals surface area contributed by atoms with Crippen LogP contribution in [0.15, 0.2) is 170 Å². The fourth-order valence-corrected chi connectivity index (χ4v) is 8.64. The molecule has 0 bridgehead atoms. The minimum atomic E-state index is -0.437. The molecule has 0 fully saturated rings. The highest BCUT2D eigenvalue weighted by Gasteiger charge is 2.26. The molecule has 0 saturated carbocycles. The number of furan rings is 2. The highest BCUT2D eigenvalue weighted by Crippen LogP contribution is 2.40. The molecule has 1 aliphatic heterocycles. The number of aliphatic imine (C=N–C) groups is 2. The lowest BCUT2D eigenvalue weighted by atomic mass is 9.99. The van der Waals surface area contributed by atoms with Crippen LogP contribution in [0.1, 0.15) is 22.9 Å². The summed E-state index contributed by atoms with van der Waals surface area (Å²) in [4.78, 5) is 10.5. The van der Waals surface area contributed by atoms with Gasteiger partial charge in [0, 0.05) is 58.4 Å². The Bertz CT molecular complexity index is 3070. The summed E-state index contributed by atoms with van der Waals surface area (Å²) in [6, 6.07) is 52.7. The van der Waals surface area contributed by atoms with Gasteiger partial charge < -0.3 is 14.2 Å². The van der Waals surface area contributed by atoms with Gasteiger partial charge in [0.15, 0.2) is 12.0 Å². The summed E-state index contributed by atoms with van der Waals surface area (Å²) in [5, 5.41) is 10.4. The third-order valence-electron chi connectivity index (χ3n) is 9.97. The van der Waals surface area contributed by atoms with Gasteiger partial charge in [0.25, 0.3) is 0 Å². The lowest BCUT2D eigenvalue weighted by Gasteiger charge is -2.24. The summed E-state index contributed by atoms with van der Waals surface area (Å²) in [5.41, 5.74) is 8.45. The Morgan fingerprint density at radius 1 is 0.510 bits per heavy atom. The van der Waals surface area contributed by atoms with Crippen molar-refractivity contribution in [2.45, 2.75) is 6.17 Å². The molecule has 0 spiro atoms. The van der Waals surface area contributed by atoms with Crippen molar-refractivity contribution in [2.24, 2.45) is 9.98 Å². The van der Waals surface area contributed by atoms with E-state index >= 15 is 0 Å². The number of nitrogens with zero attached hydrogens (tertiary/aromatic N) is 2. The molecule has 0 radical (unpaired) electrons. The minimum absolute atomic E-state index is 0.437. The predicted octanol–water partition coefficient (Wildman–Crippen LogP) is 12.0. The molecule has 0 aliphatic carbocycles. The topological polar surface area (TPSA) is 63.0 Å². The van der Waals surface area contributed by atoms with Crippen LogP contribution in [0, 0.1) is 0 Å². The van der Waals surface area contributed by atoms with Crippen molar-refractivity contribution in [3.8, 4) is 11.1 Å². The molecule has 5 nitrogen and oxygen atoms in total. The molecule has 0 saturated heterocycles. The normalized spacial score (nSPS) is 14.9. The van der Waals surface area contributed by atoms with Crippen molar-refractivity contribution in [3.05, 3.63) is 168 Å². The van der Waals surface area contributed by atoms with Crippen LogP contribution in [-0.4, -0.2) is 11.7 Å². The third kappa shape index (κ3) is 4.47. The van der Waals surface area contributed by atoms with Crippen LogP contribution >= 0.6 is 11.3 Å². The Hall–Kier alpha value is -6.50. The van der Waals surface area contributed by atoms with E-state index in [0.717, 1.165) is 72.0 Å². The van der Waals surface area contributed by atoms with E-state index in [4.69, 9.17) is 18.8 Å². The van der Waals surface area contributed by atoms with Gasteiger partial charge in [-0.1, -0.05) is 109 Å². The van der Waals surface area contributed by atoms with Gasteiger partial charge >= 0.3 is 0 Å². The van der Waals surface area contributed by atoms with E-state index in [1.807, 2.05) is 59.9 Å². The fraction of sp³-hybridized carbons (Fsp3) is 0.0222. The highest BCUT2D eigenvalue weighted by molar-refractivity contribution is 7.25. The molecule has 10 aromatic rings. The Morgan fingerprint density at radius 2 is 1.22 bits per heavy atom. The van der Waals surface area contributed by atoms with Crippen LogP contribution in [0.5, 0.6) is 0 Å². The molecule has 4 heterocycles. The van der Waals surface area contributed by atoms with Crippen LogP contribution in [0.25, 0.3) is 75.2 Å². The van der Waals surface area contributed by atoms with Crippen LogP contribution in [0.3, 0.4) is 0 Å². The Kier molecular flexibility index (Phi) is 6.12. The molecule has 0 amide bonds. The zero-order valence-electron chi connectivity index (χ0n) is 27.1. The van der Waals surface area contributed by atoms with Crippen LogP contribution in [-0.2, 0) is 0 Å². The second-order valence-electron chi connectivity index (χ2n) is 12.9. The van der Waals surface area contributed by atoms with Crippen LogP contribution in [0.4, 0.5) is 0 Å². The molecule has 1 atom stereocenters. The molecule has 51 heavy (non-hydrogen) atoms. The summed E-state index contributed by atoms with van der Waals surface area (Å²) in [6.07, 6.45) is -0.437. The van der Waals surface area contributed by atoms with Gasteiger partial charge in [0.05, 0.1) is 0 Å². The molecule has 7 aromatic carbocycles. The number of hydrogen-bond donors (Lipinski definition) is 1. The number of amidine groups is 2. The predicted molar refractivity (Wildman–Crippen MR) is 211 cm³/mol. The average Bonchev–Trinajstić information content (AvgIpc) is 3.88. The number of hydrogen-bond acceptors (Lipinski definition) is 6. The standard InChI is InChI=1S/C45H27N3O2S/c1-2-10-26(11-3-1)43-46-44(48-45(47-43)33-16-8-14-31-29-12-4-6-17-36(29)50-42(31)33)32-15-9-18-38-41(32)35-25-27(20-22-37(35)49-38)28-21-23-40-34(24-28)30-13-5-7-19-39(30)51-40/h1-25,45H,(H,46,47,48). The van der Waals surface area contributed by atoms with E-state index in [1.165, 1.54) is 25.7 Å². The lowest BCUT2D eigenvalue weighted by molar-refractivity contribution is 0.628. The van der Waals surface area contributed by atoms with E-state index < -0.39 is 6.17 Å². The Morgan fingerprint density at radius 3 is 2.14 bits per heavy atom. The van der Waals surface area contributed by atoms with Gasteiger partial charge in [0.1, 0.15) is 28.2 Å². The number of nitrogens with one attached hydrogen (secondary N) is 1. The van der Waals surface area contributed by atoms with E-state index in [0.29, 0.717) is 5.84 Å². The van der Waals surface area contributed by atoms with Crippen molar-refractivity contribution < 1.29 is 8.83 Å². The molecule has 1 N–H and O–H groups in total. The summed E-state index contributed by atoms with van der Waals surface area (Å²) in [6.45, 7) is 0. The van der Waals surface area contributed by atoms with E-state index in [2.05, 4.69) is 108 Å². The monoisotopic (exact) mass is 673 g/mol. The maximum absolute atomic E-state index is 6.47. The van der Waals surface area contributed by atoms with Gasteiger partial charge in [0.2, 0.25) is 0 Å². The van der Waals surface area contributed by atoms with E-state index in [1.54, 1.807) is 0 Å². The van der Waals surface area contributed by atoms with Crippen molar-refractivity contribution in [1.82, 2.24) is 5.32 Å². The number of fused-ring (bicyclic) bond motifs is 9. The zero-order chi connectivity index (χ0) is 33.5. The summed E-state index contributed by atoms with van der Waals surface area (Å²) < 4.78 is 15.5. The van der Waals surface area contributed by atoms with Crippen LogP contribution in [0.2, 0.25) is 0 Å². The van der Waals surface area contributed by atoms with Gasteiger partial charge in [-0.3, -0.25) is 0 Å². The maximum atomic E-state index is 6.47. The molecule has 3 aromatic heterocycles. The quantitative estimate of drug-likeness (QED) is 0.202. The zero-order valence-corrected chi connectivity index (χ0v) is 27.9. The maximum Gasteiger partial charge on any atom is 0.160 e. The second-order valence-corrected chi connectivity index (χ2v) is 14.0. The van der Waals surface area contributed by atoms with Crippen LogP contribution < -0.4 is 5.32 Å². The van der Waals surface area contributed by atoms with Gasteiger partial charge in [-0.2, -0.15) is 0 Å². The molecule has 1 unspecified atom stereocenters. The van der Waals surface area contributed by atoms with Crippen molar-refractivity contribution in [3.63, 3.8) is 0 Å². The lowest BCUT2D eigenvalue weighted by Crippen LogP contribution is -2.33. The fourth-order valence-electron chi connectivity index (χ4n) is 7.55. The molecule has 1 aliphatic rings. The van der Waals surface area contributed by atoms with E-state index in [9.17, 15) is 0 Å². The largest absolute Gasteiger partial charge is 0.456 e. The average molecular weight is 674 g/mol. The Balaban J connectivity index is 1.10. The smallest absolute Gasteiger partial charge is 0.160 e. The SMILES string of the molecule is c1ccc(C2=NC(c3cccc4oc5ccc(-c6ccc7sc8ccccc8c7c6)cc5c34)=NC(c3cccc4c3oc3ccccc34)N2)cc1. The minimum Gasteiger partial charge on any atom is -0.456 e. The first kappa shape index (κ1) is 28.3. The highest BCUT2D eigenvalue weighted by atomic mass is 32.1. The van der Waals surface area contributed by atoms with Crippen molar-refractivity contribution >= 4 is 87.1 Å². The van der Waals surface area contributed by atoms with E-state index in [-0.39, 0.29) is 0 Å². The third-order valence-corrected chi connectivity index (χ3v) is 11.1.